The van der Waals surface area contributed by atoms with Gasteiger partial charge in [0.05, 0.1) is 17.7 Å². The molecule has 2 aromatic carbocycles. The van der Waals surface area contributed by atoms with Gasteiger partial charge < -0.3 is 4.74 Å². The van der Waals surface area contributed by atoms with E-state index in [-0.39, 0.29) is 0 Å². The average Bonchev–Trinajstić information content (AvgIpc) is 3.18. The van der Waals surface area contributed by atoms with Gasteiger partial charge in [-0.1, -0.05) is 35.5 Å². The van der Waals surface area contributed by atoms with E-state index in [2.05, 4.69) is 22.6 Å². The molecule has 0 aliphatic carbocycles. The van der Waals surface area contributed by atoms with E-state index in [0.717, 1.165) is 15.3 Å². The van der Waals surface area contributed by atoms with Gasteiger partial charge in [-0.2, -0.15) is 0 Å². The van der Waals surface area contributed by atoms with Crippen LogP contribution in [-0.2, 0) is 4.84 Å². The second-order valence-corrected chi connectivity index (χ2v) is 6.52. The van der Waals surface area contributed by atoms with Gasteiger partial charge in [0.15, 0.2) is 0 Å². The number of carbonyl (C=O) groups excluding carboxylic acids is 1. The number of thiophene rings is 1. The predicted molar refractivity (Wildman–Crippen MR) is 105 cm³/mol. The summed E-state index contributed by atoms with van der Waals surface area (Å²) in [6.45, 7) is 1.81. The molecule has 1 aromatic heterocycles. The largest absolute Gasteiger partial charge is 0.497 e. The normalized spacial score (nSPS) is 11.1. The first-order valence-corrected chi connectivity index (χ1v) is 8.79. The minimum Gasteiger partial charge on any atom is -0.497 e. The number of hydrogen-bond acceptors (Lipinski definition) is 5. The van der Waals surface area contributed by atoms with Gasteiger partial charge >= 0.3 is 6.09 Å². The van der Waals surface area contributed by atoms with Crippen molar-refractivity contribution in [3.63, 3.8) is 0 Å². The fraction of sp³-hybridized carbons (Fsp3) is 0.100. The summed E-state index contributed by atoms with van der Waals surface area (Å²) in [5.74, 6) is 0.713. The third-order valence-corrected chi connectivity index (χ3v) is 4.87. The molecule has 3 rings (SSSR count). The van der Waals surface area contributed by atoms with Gasteiger partial charge in [-0.25, -0.2) is 4.79 Å². The highest BCUT2D eigenvalue weighted by Crippen LogP contribution is 2.28. The number of carbonyl (C=O) groups is 1. The Bertz CT molecular complexity index is 902. The van der Waals surface area contributed by atoms with Gasteiger partial charge in [0.25, 0.3) is 0 Å². The first-order chi connectivity index (χ1) is 12.7. The first-order valence-electron chi connectivity index (χ1n) is 7.98. The maximum absolute atomic E-state index is 11.9. The summed E-state index contributed by atoms with van der Waals surface area (Å²) in [7, 11) is 1.59. The molecule has 1 amide bonds. The molecule has 1 heterocycles. The van der Waals surface area contributed by atoms with Crippen LogP contribution in [0.4, 0.5) is 10.5 Å². The Kier molecular flexibility index (Phi) is 5.66. The van der Waals surface area contributed by atoms with Crippen LogP contribution in [0.2, 0.25) is 0 Å². The van der Waals surface area contributed by atoms with Crippen molar-refractivity contribution in [2.24, 2.45) is 5.16 Å². The summed E-state index contributed by atoms with van der Waals surface area (Å²) in [6.07, 6.45) is -0.644. The van der Waals surface area contributed by atoms with Crippen molar-refractivity contribution in [3.8, 4) is 16.2 Å². The summed E-state index contributed by atoms with van der Waals surface area (Å²) in [5.41, 5.74) is 2.39. The predicted octanol–water partition coefficient (Wildman–Crippen LogP) is 5.40. The van der Waals surface area contributed by atoms with Crippen LogP contribution >= 0.6 is 11.3 Å². The van der Waals surface area contributed by atoms with E-state index in [1.165, 1.54) is 0 Å². The van der Waals surface area contributed by atoms with Crippen LogP contribution in [0.3, 0.4) is 0 Å². The highest BCUT2D eigenvalue weighted by Gasteiger charge is 2.08. The summed E-state index contributed by atoms with van der Waals surface area (Å²) in [5, 5.41) is 6.53. The lowest BCUT2D eigenvalue weighted by atomic mass is 10.2. The quantitative estimate of drug-likeness (QED) is 0.374. The van der Waals surface area contributed by atoms with Gasteiger partial charge in [-0.05, 0) is 48.9 Å². The zero-order valence-electron chi connectivity index (χ0n) is 14.4. The Hall–Kier alpha value is -3.12. The fourth-order valence-corrected chi connectivity index (χ4v) is 3.21. The van der Waals surface area contributed by atoms with Crippen LogP contribution in [0.1, 0.15) is 11.8 Å². The Morgan fingerprint density at radius 3 is 2.42 bits per heavy atom. The molecule has 0 spiro atoms. The van der Waals surface area contributed by atoms with Gasteiger partial charge in [0, 0.05) is 10.6 Å². The lowest BCUT2D eigenvalue weighted by Gasteiger charge is -2.04. The number of rotatable bonds is 5. The molecule has 26 heavy (non-hydrogen) atoms. The van der Waals surface area contributed by atoms with Crippen LogP contribution in [0, 0.1) is 0 Å². The second kappa shape index (κ2) is 8.31. The van der Waals surface area contributed by atoms with Gasteiger partial charge in [-0.15, -0.1) is 11.3 Å². The van der Waals surface area contributed by atoms with E-state index in [4.69, 9.17) is 9.57 Å². The number of benzene rings is 2. The number of methoxy groups -OCH3 is 1. The van der Waals surface area contributed by atoms with Crippen molar-refractivity contribution >= 4 is 28.8 Å². The minimum absolute atomic E-state index is 0.603. The number of ether oxygens (including phenoxy) is 1. The molecule has 0 aliphatic rings. The first kappa shape index (κ1) is 17.7. The van der Waals surface area contributed by atoms with Gasteiger partial charge in [0.2, 0.25) is 0 Å². The zero-order chi connectivity index (χ0) is 18.4. The number of hydrogen-bond donors (Lipinski definition) is 1. The smallest absolute Gasteiger partial charge is 0.437 e. The monoisotopic (exact) mass is 366 g/mol. The van der Waals surface area contributed by atoms with Crippen molar-refractivity contribution in [3.05, 3.63) is 71.6 Å². The lowest BCUT2D eigenvalue weighted by molar-refractivity contribution is 0.166. The van der Waals surface area contributed by atoms with Crippen molar-refractivity contribution in [2.45, 2.75) is 6.92 Å². The summed E-state index contributed by atoms with van der Waals surface area (Å²) >= 11 is 1.60. The standard InChI is InChI=1S/C20H18N2O3S/c1-14(18-12-13-19(26-18)15-6-4-3-5-7-15)22-25-20(23)21-16-8-10-17(24-2)11-9-16/h3-13H,1-2H3,(H,21,23)/b22-14+. The number of oxime groups is 1. The van der Waals surface area contributed by atoms with Crippen LogP contribution in [0.5, 0.6) is 5.75 Å². The van der Waals surface area contributed by atoms with E-state index in [1.807, 2.05) is 30.3 Å². The highest BCUT2D eigenvalue weighted by atomic mass is 32.1. The van der Waals surface area contributed by atoms with E-state index in [1.54, 1.807) is 49.6 Å². The SMILES string of the molecule is COc1ccc(NC(=O)O/N=C(\C)c2ccc(-c3ccccc3)s2)cc1. The molecule has 0 unspecified atom stereocenters. The van der Waals surface area contributed by atoms with Gasteiger partial charge in [-0.3, -0.25) is 10.2 Å². The minimum atomic E-state index is -0.644. The Balaban J connectivity index is 1.61. The third-order valence-electron chi connectivity index (χ3n) is 3.62. The highest BCUT2D eigenvalue weighted by molar-refractivity contribution is 7.17. The molecule has 0 fully saturated rings. The fourth-order valence-electron chi connectivity index (χ4n) is 2.26. The van der Waals surface area contributed by atoms with Crippen LogP contribution in [0.25, 0.3) is 10.4 Å². The Labute approximate surface area is 155 Å². The van der Waals surface area contributed by atoms with Gasteiger partial charge in [0.1, 0.15) is 5.75 Å². The molecular formula is C20H18N2O3S. The molecule has 132 valence electrons. The molecule has 6 heteroatoms. The van der Waals surface area contributed by atoms with Crippen LogP contribution in [-0.4, -0.2) is 18.9 Å². The molecule has 0 saturated heterocycles. The molecular weight excluding hydrogens is 348 g/mol. The van der Waals surface area contributed by atoms with E-state index < -0.39 is 6.09 Å². The maximum atomic E-state index is 11.9. The molecule has 0 saturated carbocycles. The number of amides is 1. The Morgan fingerprint density at radius 1 is 1.00 bits per heavy atom. The molecule has 0 radical (unpaired) electrons. The average molecular weight is 366 g/mol. The maximum Gasteiger partial charge on any atom is 0.437 e. The molecule has 5 nitrogen and oxygen atoms in total. The van der Waals surface area contributed by atoms with E-state index in [0.29, 0.717) is 17.1 Å². The zero-order valence-corrected chi connectivity index (χ0v) is 15.2. The number of anilines is 1. The third kappa shape index (κ3) is 4.49. The molecule has 0 bridgehead atoms. The summed E-state index contributed by atoms with van der Waals surface area (Å²) < 4.78 is 5.07. The molecule has 0 atom stereocenters. The second-order valence-electron chi connectivity index (χ2n) is 5.44. The summed E-state index contributed by atoms with van der Waals surface area (Å²) in [4.78, 5) is 18.9. The van der Waals surface area contributed by atoms with E-state index in [9.17, 15) is 4.79 Å². The molecule has 3 aromatic rings. The Morgan fingerprint density at radius 2 is 1.73 bits per heavy atom. The number of nitrogens with one attached hydrogen (secondary N) is 1. The molecule has 0 aliphatic heterocycles. The van der Waals surface area contributed by atoms with Crippen LogP contribution in [0.15, 0.2) is 71.9 Å². The van der Waals surface area contributed by atoms with Crippen molar-refractivity contribution in [1.82, 2.24) is 0 Å². The topological polar surface area (TPSA) is 59.9 Å². The van der Waals surface area contributed by atoms with Crippen LogP contribution < -0.4 is 10.1 Å². The van der Waals surface area contributed by atoms with Crippen molar-refractivity contribution in [2.75, 3.05) is 12.4 Å². The number of nitrogens with zero attached hydrogens (tertiary/aromatic N) is 1. The van der Waals surface area contributed by atoms with Crippen molar-refractivity contribution < 1.29 is 14.4 Å². The van der Waals surface area contributed by atoms with E-state index >= 15 is 0 Å². The molecule has 1 N–H and O–H groups in total. The summed E-state index contributed by atoms with van der Waals surface area (Å²) in [6, 6.07) is 21.1. The van der Waals surface area contributed by atoms with Crippen molar-refractivity contribution in [1.29, 1.82) is 0 Å². The lowest BCUT2D eigenvalue weighted by Crippen LogP contribution is -2.11.